The van der Waals surface area contributed by atoms with Crippen LogP contribution in [0.3, 0.4) is 0 Å². The molecule has 1 heterocycles. The van der Waals surface area contributed by atoms with Crippen molar-refractivity contribution < 1.29 is 4.74 Å². The molecule has 0 aliphatic carbocycles. The van der Waals surface area contributed by atoms with E-state index in [0.717, 1.165) is 11.4 Å². The first-order valence-electron chi connectivity index (χ1n) is 7.11. The van der Waals surface area contributed by atoms with Crippen LogP contribution in [0.25, 0.3) is 10.9 Å². The molecule has 5 nitrogen and oxygen atoms in total. The Labute approximate surface area is 138 Å². The van der Waals surface area contributed by atoms with Crippen LogP contribution in [0.5, 0.6) is 5.75 Å². The number of rotatable bonds is 4. The number of aromatic nitrogens is 2. The van der Waals surface area contributed by atoms with E-state index in [2.05, 4.69) is 10.3 Å². The van der Waals surface area contributed by atoms with Gasteiger partial charge in [0.05, 0.1) is 24.6 Å². The third kappa shape index (κ3) is 3.14. The second kappa shape index (κ2) is 6.30. The summed E-state index contributed by atoms with van der Waals surface area (Å²) in [6.07, 6.45) is 0. The first-order valence-corrected chi connectivity index (χ1v) is 7.49. The molecule has 0 atom stereocenters. The highest BCUT2D eigenvalue weighted by molar-refractivity contribution is 6.31. The fourth-order valence-electron chi connectivity index (χ4n) is 2.34. The predicted molar refractivity (Wildman–Crippen MR) is 92.3 cm³/mol. The number of benzene rings is 2. The van der Waals surface area contributed by atoms with Crippen molar-refractivity contribution in [2.75, 3.05) is 12.4 Å². The molecule has 0 radical (unpaired) electrons. The van der Waals surface area contributed by atoms with Gasteiger partial charge in [0.2, 0.25) is 0 Å². The summed E-state index contributed by atoms with van der Waals surface area (Å²) in [6, 6.07) is 12.7. The van der Waals surface area contributed by atoms with E-state index in [4.69, 9.17) is 16.3 Å². The summed E-state index contributed by atoms with van der Waals surface area (Å²) in [5.41, 5.74) is 1.44. The first-order chi connectivity index (χ1) is 11.1. The standard InChI is InChI=1S/C17H16ClN3O2/c1-21-16(10-19-12-4-6-13(23-2)7-5-12)20-15-9-11(18)3-8-14(15)17(21)22/h3-9,19H,10H2,1-2H3. The van der Waals surface area contributed by atoms with Gasteiger partial charge in [0.15, 0.2) is 0 Å². The lowest BCUT2D eigenvalue weighted by Crippen LogP contribution is -2.23. The van der Waals surface area contributed by atoms with Gasteiger partial charge >= 0.3 is 0 Å². The molecule has 0 saturated carbocycles. The monoisotopic (exact) mass is 329 g/mol. The van der Waals surface area contributed by atoms with Gasteiger partial charge in [-0.15, -0.1) is 0 Å². The summed E-state index contributed by atoms with van der Waals surface area (Å²) in [5.74, 6) is 1.43. The molecule has 3 rings (SSSR count). The third-order valence-electron chi connectivity index (χ3n) is 3.67. The quantitative estimate of drug-likeness (QED) is 0.798. The largest absolute Gasteiger partial charge is 0.497 e. The lowest BCUT2D eigenvalue weighted by atomic mass is 10.2. The summed E-state index contributed by atoms with van der Waals surface area (Å²) in [7, 11) is 3.34. The molecule has 0 amide bonds. The Hall–Kier alpha value is -2.53. The Morgan fingerprint density at radius 1 is 1.22 bits per heavy atom. The molecule has 3 aromatic rings. The highest BCUT2D eigenvalue weighted by Crippen LogP contribution is 2.17. The molecule has 23 heavy (non-hydrogen) atoms. The van der Waals surface area contributed by atoms with Crippen molar-refractivity contribution >= 4 is 28.2 Å². The number of hydrogen-bond acceptors (Lipinski definition) is 4. The normalized spacial score (nSPS) is 10.7. The van der Waals surface area contributed by atoms with Crippen molar-refractivity contribution in [1.82, 2.24) is 9.55 Å². The Morgan fingerprint density at radius 3 is 2.65 bits per heavy atom. The first kappa shape index (κ1) is 15.4. The molecular weight excluding hydrogens is 314 g/mol. The molecule has 1 N–H and O–H groups in total. The number of methoxy groups -OCH3 is 1. The van der Waals surface area contributed by atoms with Crippen LogP contribution in [0.4, 0.5) is 5.69 Å². The van der Waals surface area contributed by atoms with E-state index in [0.29, 0.717) is 28.3 Å². The zero-order chi connectivity index (χ0) is 16.4. The fraction of sp³-hybridized carbons (Fsp3) is 0.176. The summed E-state index contributed by atoms with van der Waals surface area (Å²) < 4.78 is 6.68. The van der Waals surface area contributed by atoms with E-state index in [1.165, 1.54) is 0 Å². The van der Waals surface area contributed by atoms with Crippen LogP contribution in [0.2, 0.25) is 5.02 Å². The Morgan fingerprint density at radius 2 is 1.96 bits per heavy atom. The van der Waals surface area contributed by atoms with Gasteiger partial charge in [-0.1, -0.05) is 11.6 Å². The van der Waals surface area contributed by atoms with Gasteiger partial charge in [0.25, 0.3) is 5.56 Å². The summed E-state index contributed by atoms with van der Waals surface area (Å²) >= 11 is 5.99. The molecule has 0 bridgehead atoms. The fourth-order valence-corrected chi connectivity index (χ4v) is 2.50. The number of anilines is 1. The SMILES string of the molecule is COc1ccc(NCc2nc3cc(Cl)ccc3c(=O)n2C)cc1. The van der Waals surface area contributed by atoms with Crippen LogP contribution in [-0.2, 0) is 13.6 Å². The van der Waals surface area contributed by atoms with Crippen LogP contribution >= 0.6 is 11.6 Å². The zero-order valence-electron chi connectivity index (χ0n) is 12.8. The second-order valence-electron chi connectivity index (χ2n) is 5.14. The van der Waals surface area contributed by atoms with Gasteiger partial charge < -0.3 is 10.1 Å². The molecule has 1 aromatic heterocycles. The number of hydrogen-bond donors (Lipinski definition) is 1. The van der Waals surface area contributed by atoms with Crippen molar-refractivity contribution in [2.24, 2.45) is 7.05 Å². The molecule has 0 saturated heterocycles. The zero-order valence-corrected chi connectivity index (χ0v) is 13.6. The van der Waals surface area contributed by atoms with E-state index >= 15 is 0 Å². The topological polar surface area (TPSA) is 56.1 Å². The molecule has 0 aliphatic rings. The number of ether oxygens (including phenoxy) is 1. The minimum absolute atomic E-state index is 0.0850. The van der Waals surface area contributed by atoms with Crippen molar-refractivity contribution in [3.8, 4) is 5.75 Å². The van der Waals surface area contributed by atoms with Crippen LogP contribution in [0, 0.1) is 0 Å². The molecule has 6 heteroatoms. The second-order valence-corrected chi connectivity index (χ2v) is 5.57. The van der Waals surface area contributed by atoms with Gasteiger partial charge in [-0.3, -0.25) is 9.36 Å². The van der Waals surface area contributed by atoms with Gasteiger partial charge in [-0.2, -0.15) is 0 Å². The Kier molecular flexibility index (Phi) is 4.21. The van der Waals surface area contributed by atoms with Crippen LogP contribution in [0.15, 0.2) is 47.3 Å². The van der Waals surface area contributed by atoms with Gasteiger partial charge in [-0.05, 0) is 42.5 Å². The smallest absolute Gasteiger partial charge is 0.261 e. The molecule has 0 aliphatic heterocycles. The highest BCUT2D eigenvalue weighted by atomic mass is 35.5. The minimum Gasteiger partial charge on any atom is -0.497 e. The lowest BCUT2D eigenvalue weighted by molar-refractivity contribution is 0.415. The predicted octanol–water partition coefficient (Wildman–Crippen LogP) is 3.21. The maximum Gasteiger partial charge on any atom is 0.261 e. The average Bonchev–Trinajstić information content (AvgIpc) is 2.57. The van der Waals surface area contributed by atoms with Crippen molar-refractivity contribution in [3.63, 3.8) is 0 Å². The van der Waals surface area contributed by atoms with E-state index in [9.17, 15) is 4.79 Å². The maximum atomic E-state index is 12.4. The van der Waals surface area contributed by atoms with Crippen LogP contribution in [-0.4, -0.2) is 16.7 Å². The minimum atomic E-state index is -0.0850. The molecule has 0 fully saturated rings. The Bertz CT molecular complexity index is 904. The maximum absolute atomic E-state index is 12.4. The van der Waals surface area contributed by atoms with Crippen LogP contribution in [0.1, 0.15) is 5.82 Å². The summed E-state index contributed by atoms with van der Waals surface area (Å²) in [4.78, 5) is 16.9. The Balaban J connectivity index is 1.90. The number of halogens is 1. The molecule has 2 aromatic carbocycles. The number of fused-ring (bicyclic) bond motifs is 1. The molecule has 118 valence electrons. The van der Waals surface area contributed by atoms with E-state index in [-0.39, 0.29) is 5.56 Å². The van der Waals surface area contributed by atoms with Gasteiger partial charge in [-0.25, -0.2) is 4.98 Å². The van der Waals surface area contributed by atoms with E-state index in [1.807, 2.05) is 24.3 Å². The van der Waals surface area contributed by atoms with E-state index < -0.39 is 0 Å². The van der Waals surface area contributed by atoms with Crippen LogP contribution < -0.4 is 15.6 Å². The van der Waals surface area contributed by atoms with Crippen molar-refractivity contribution in [3.05, 3.63) is 63.7 Å². The summed E-state index contributed by atoms with van der Waals surface area (Å²) in [6.45, 7) is 0.431. The molecule has 0 spiro atoms. The summed E-state index contributed by atoms with van der Waals surface area (Å²) in [5, 5.41) is 4.37. The lowest BCUT2D eigenvalue weighted by Gasteiger charge is -2.11. The third-order valence-corrected chi connectivity index (χ3v) is 3.91. The van der Waals surface area contributed by atoms with E-state index in [1.54, 1.807) is 36.9 Å². The average molecular weight is 330 g/mol. The number of nitrogens with one attached hydrogen (secondary N) is 1. The van der Waals surface area contributed by atoms with Crippen molar-refractivity contribution in [2.45, 2.75) is 6.54 Å². The van der Waals surface area contributed by atoms with Gasteiger partial charge in [0, 0.05) is 17.8 Å². The molecular formula is C17H16ClN3O2. The highest BCUT2D eigenvalue weighted by Gasteiger charge is 2.08. The number of nitrogens with zero attached hydrogens (tertiary/aromatic N) is 2. The van der Waals surface area contributed by atoms with Gasteiger partial charge in [0.1, 0.15) is 11.6 Å². The molecule has 0 unspecified atom stereocenters. The van der Waals surface area contributed by atoms with Crippen molar-refractivity contribution in [1.29, 1.82) is 0 Å².